The van der Waals surface area contributed by atoms with Crippen LogP contribution in [0.4, 0.5) is 0 Å². The predicted molar refractivity (Wildman–Crippen MR) is 103 cm³/mol. The molecule has 4 nitrogen and oxygen atoms in total. The van der Waals surface area contributed by atoms with Gasteiger partial charge in [-0.15, -0.1) is 5.10 Å². The van der Waals surface area contributed by atoms with Crippen molar-refractivity contribution in [2.75, 3.05) is 0 Å². The molecule has 24 heavy (non-hydrogen) atoms. The lowest BCUT2D eigenvalue weighted by Gasteiger charge is -1.97. The summed E-state index contributed by atoms with van der Waals surface area (Å²) in [6, 6.07) is 15.5. The van der Waals surface area contributed by atoms with Crippen molar-refractivity contribution in [2.45, 2.75) is 0 Å². The number of nitrogens with zero attached hydrogens (tertiary/aromatic N) is 3. The molecule has 0 bridgehead atoms. The van der Waals surface area contributed by atoms with E-state index >= 15 is 0 Å². The number of benzene rings is 2. The Hall–Kier alpha value is -1.83. The Balaban J connectivity index is 1.85. The second kappa shape index (κ2) is 6.23. The third-order valence-corrected chi connectivity index (χ3v) is 5.59. The van der Waals surface area contributed by atoms with Gasteiger partial charge in [-0.25, -0.2) is 0 Å². The molecule has 0 saturated carbocycles. The van der Waals surface area contributed by atoms with E-state index in [2.05, 4.69) is 41.9 Å². The molecular formula is C17H9Br2N3OS. The van der Waals surface area contributed by atoms with E-state index in [1.54, 1.807) is 0 Å². The largest absolute Gasteiger partial charge is 0.291 e. The molecule has 0 aliphatic heterocycles. The summed E-state index contributed by atoms with van der Waals surface area (Å²) in [5.41, 5.74) is 1.67. The van der Waals surface area contributed by atoms with Crippen LogP contribution in [0.5, 0.6) is 0 Å². The molecule has 0 radical (unpaired) electrons. The molecule has 0 fully saturated rings. The Morgan fingerprint density at radius 3 is 2.67 bits per heavy atom. The summed E-state index contributed by atoms with van der Waals surface area (Å²) in [6.45, 7) is 0. The first-order chi connectivity index (χ1) is 11.6. The van der Waals surface area contributed by atoms with Crippen LogP contribution in [0.15, 0.2) is 62.3 Å². The van der Waals surface area contributed by atoms with Gasteiger partial charge in [0.2, 0.25) is 4.96 Å². The molecule has 7 heteroatoms. The number of rotatable bonds is 2. The predicted octanol–water partition coefficient (Wildman–Crippen LogP) is 3.89. The summed E-state index contributed by atoms with van der Waals surface area (Å²) in [6.07, 6.45) is 1.85. The zero-order valence-corrected chi connectivity index (χ0v) is 16.1. The van der Waals surface area contributed by atoms with Gasteiger partial charge < -0.3 is 0 Å². The number of thiazole rings is 1. The van der Waals surface area contributed by atoms with Gasteiger partial charge in [-0.1, -0.05) is 67.5 Å². The zero-order chi connectivity index (χ0) is 16.7. The van der Waals surface area contributed by atoms with E-state index in [1.807, 2.05) is 54.6 Å². The Labute approximate surface area is 157 Å². The molecule has 2 aromatic carbocycles. The van der Waals surface area contributed by atoms with Crippen molar-refractivity contribution in [3.63, 3.8) is 0 Å². The lowest BCUT2D eigenvalue weighted by Crippen LogP contribution is -2.23. The number of fused-ring (bicyclic) bond motifs is 1. The van der Waals surface area contributed by atoms with Gasteiger partial charge >= 0.3 is 0 Å². The average Bonchev–Trinajstić information content (AvgIpc) is 3.08. The summed E-state index contributed by atoms with van der Waals surface area (Å²) in [5.74, 6) is 0.542. The lowest BCUT2D eigenvalue weighted by molar-refractivity contribution is 0.936. The maximum Gasteiger partial charge on any atom is 0.291 e. The average molecular weight is 463 g/mol. The van der Waals surface area contributed by atoms with Crippen molar-refractivity contribution in [1.82, 2.24) is 14.6 Å². The molecule has 0 amide bonds. The lowest BCUT2D eigenvalue weighted by atomic mass is 10.2. The molecule has 0 N–H and O–H groups in total. The first-order valence-electron chi connectivity index (χ1n) is 7.03. The maximum absolute atomic E-state index is 12.6. The molecule has 2 heterocycles. The van der Waals surface area contributed by atoms with Crippen molar-refractivity contribution in [3.05, 3.63) is 77.9 Å². The fourth-order valence-electron chi connectivity index (χ4n) is 2.34. The van der Waals surface area contributed by atoms with Crippen LogP contribution in [0.3, 0.4) is 0 Å². The number of halogens is 2. The van der Waals surface area contributed by atoms with Gasteiger partial charge in [0.05, 0.1) is 4.53 Å². The minimum absolute atomic E-state index is 0.152. The summed E-state index contributed by atoms with van der Waals surface area (Å²) in [4.78, 5) is 17.6. The van der Waals surface area contributed by atoms with E-state index in [-0.39, 0.29) is 5.56 Å². The smallest absolute Gasteiger partial charge is 0.266 e. The van der Waals surface area contributed by atoms with Crippen molar-refractivity contribution in [3.8, 4) is 11.4 Å². The van der Waals surface area contributed by atoms with Gasteiger partial charge in [-0.3, -0.25) is 4.79 Å². The van der Waals surface area contributed by atoms with Gasteiger partial charge in [0.1, 0.15) is 0 Å². The molecule has 2 aromatic heterocycles. The molecule has 4 aromatic rings. The molecule has 0 aliphatic rings. The van der Waals surface area contributed by atoms with E-state index in [1.165, 1.54) is 15.9 Å². The fourth-order valence-corrected chi connectivity index (χ4v) is 4.12. The highest BCUT2D eigenvalue weighted by Gasteiger charge is 2.13. The molecule has 0 saturated heterocycles. The minimum Gasteiger partial charge on any atom is -0.266 e. The quantitative estimate of drug-likeness (QED) is 0.454. The zero-order valence-electron chi connectivity index (χ0n) is 12.1. The van der Waals surface area contributed by atoms with Crippen LogP contribution >= 0.6 is 43.2 Å². The number of hydrogen-bond donors (Lipinski definition) is 0. The van der Waals surface area contributed by atoms with Gasteiger partial charge in [0.15, 0.2) is 5.82 Å². The topological polar surface area (TPSA) is 47.3 Å². The Morgan fingerprint density at radius 1 is 1.08 bits per heavy atom. The van der Waals surface area contributed by atoms with Crippen LogP contribution in [0, 0.1) is 0 Å². The molecule has 0 aliphatic carbocycles. The minimum atomic E-state index is -0.152. The van der Waals surface area contributed by atoms with E-state index in [0.717, 1.165) is 20.1 Å². The third-order valence-electron chi connectivity index (χ3n) is 3.44. The molecule has 118 valence electrons. The molecule has 0 atom stereocenters. The summed E-state index contributed by atoms with van der Waals surface area (Å²) in [5, 5.41) is 4.37. The van der Waals surface area contributed by atoms with E-state index in [4.69, 9.17) is 0 Å². The highest BCUT2D eigenvalue weighted by molar-refractivity contribution is 9.10. The monoisotopic (exact) mass is 461 g/mol. The highest BCUT2D eigenvalue weighted by Crippen LogP contribution is 2.25. The molecule has 4 rings (SSSR count). The van der Waals surface area contributed by atoms with Crippen LogP contribution in [0.2, 0.25) is 0 Å². The second-order valence-electron chi connectivity index (χ2n) is 5.08. The van der Waals surface area contributed by atoms with Crippen LogP contribution in [-0.4, -0.2) is 14.6 Å². The molecular weight excluding hydrogens is 454 g/mol. The van der Waals surface area contributed by atoms with Crippen molar-refractivity contribution < 1.29 is 0 Å². The maximum atomic E-state index is 12.6. The van der Waals surface area contributed by atoms with Crippen LogP contribution in [-0.2, 0) is 0 Å². The van der Waals surface area contributed by atoms with Gasteiger partial charge in [0.25, 0.3) is 5.56 Å². The number of aromatic nitrogens is 3. The normalized spacial score (nSPS) is 12.2. The fraction of sp³-hybridized carbons (Fsp3) is 0. The van der Waals surface area contributed by atoms with Crippen LogP contribution < -0.4 is 10.1 Å². The van der Waals surface area contributed by atoms with E-state index in [0.29, 0.717) is 15.3 Å². The first kappa shape index (κ1) is 15.7. The SMILES string of the molecule is O=c1/c(=C/c2cccc(Br)c2)sc2nc(-c3ccccc3Br)nn12. The summed E-state index contributed by atoms with van der Waals surface area (Å²) >= 11 is 8.26. The Kier molecular flexibility index (Phi) is 4.07. The van der Waals surface area contributed by atoms with Crippen molar-refractivity contribution >= 4 is 54.2 Å². The van der Waals surface area contributed by atoms with Crippen LogP contribution in [0.25, 0.3) is 22.4 Å². The van der Waals surface area contributed by atoms with E-state index < -0.39 is 0 Å². The van der Waals surface area contributed by atoms with Gasteiger partial charge in [-0.2, -0.15) is 9.50 Å². The van der Waals surface area contributed by atoms with Crippen molar-refractivity contribution in [1.29, 1.82) is 0 Å². The van der Waals surface area contributed by atoms with Crippen LogP contribution in [0.1, 0.15) is 5.56 Å². The summed E-state index contributed by atoms with van der Waals surface area (Å²) < 4.78 is 3.85. The molecule has 0 spiro atoms. The Bertz CT molecular complexity index is 1170. The summed E-state index contributed by atoms with van der Waals surface area (Å²) in [7, 11) is 0. The Morgan fingerprint density at radius 2 is 1.92 bits per heavy atom. The first-order valence-corrected chi connectivity index (χ1v) is 9.44. The second-order valence-corrected chi connectivity index (χ2v) is 7.86. The third kappa shape index (κ3) is 2.83. The van der Waals surface area contributed by atoms with Gasteiger partial charge in [-0.05, 0) is 35.9 Å². The van der Waals surface area contributed by atoms with Crippen molar-refractivity contribution in [2.24, 2.45) is 0 Å². The standard InChI is InChI=1S/C17H9Br2N3OS/c18-11-5-3-4-10(8-11)9-14-16(23)22-17(24-14)20-15(21-22)12-6-1-2-7-13(12)19/h1-9H/b14-9-. The highest BCUT2D eigenvalue weighted by atomic mass is 79.9. The van der Waals surface area contributed by atoms with Gasteiger partial charge in [0, 0.05) is 14.5 Å². The number of hydrogen-bond acceptors (Lipinski definition) is 4. The van der Waals surface area contributed by atoms with E-state index in [9.17, 15) is 4.79 Å². The molecule has 0 unspecified atom stereocenters.